The predicted molar refractivity (Wildman–Crippen MR) is 92.2 cm³/mol. The van der Waals surface area contributed by atoms with Crippen molar-refractivity contribution in [3.05, 3.63) is 35.7 Å². The summed E-state index contributed by atoms with van der Waals surface area (Å²) in [4.78, 5) is 21.6. The number of aromatic nitrogens is 3. The van der Waals surface area contributed by atoms with Gasteiger partial charge in [0.05, 0.1) is 0 Å². The van der Waals surface area contributed by atoms with E-state index >= 15 is 0 Å². The van der Waals surface area contributed by atoms with Crippen LogP contribution in [0.2, 0.25) is 0 Å². The van der Waals surface area contributed by atoms with Crippen LogP contribution in [-0.2, 0) is 0 Å². The van der Waals surface area contributed by atoms with Gasteiger partial charge in [0, 0.05) is 31.9 Å². The number of rotatable bonds is 3. The summed E-state index contributed by atoms with van der Waals surface area (Å²) in [6.07, 6.45) is 6.90. The molecule has 0 N–H and O–H groups in total. The second-order valence-corrected chi connectivity index (χ2v) is 7.17. The van der Waals surface area contributed by atoms with Gasteiger partial charge in [-0.3, -0.25) is 9.69 Å². The van der Waals surface area contributed by atoms with E-state index in [9.17, 15) is 4.79 Å². The number of aryl methyl sites for hydroxylation is 1. The molecule has 2 fully saturated rings. The molecule has 3 heterocycles. The molecule has 25 heavy (non-hydrogen) atoms. The van der Waals surface area contributed by atoms with Crippen molar-refractivity contribution in [2.24, 2.45) is 0 Å². The third-order valence-electron chi connectivity index (χ3n) is 5.48. The SMILES string of the molecule is Cc1noc([C@@H]2CN(C(=O)c3cccn3C3CCCC3)CCN2C)n1. The van der Waals surface area contributed by atoms with Gasteiger partial charge < -0.3 is 14.0 Å². The lowest BCUT2D eigenvalue weighted by atomic mass is 10.1. The molecule has 2 aliphatic rings. The Morgan fingerprint density at radius 1 is 1.28 bits per heavy atom. The van der Waals surface area contributed by atoms with Crippen LogP contribution in [0, 0.1) is 6.92 Å². The van der Waals surface area contributed by atoms with Crippen molar-refractivity contribution in [2.75, 3.05) is 26.7 Å². The summed E-state index contributed by atoms with van der Waals surface area (Å²) < 4.78 is 7.53. The lowest BCUT2D eigenvalue weighted by Crippen LogP contribution is -2.49. The maximum absolute atomic E-state index is 13.1. The van der Waals surface area contributed by atoms with Gasteiger partial charge in [0.1, 0.15) is 11.7 Å². The van der Waals surface area contributed by atoms with Gasteiger partial charge in [-0.05, 0) is 38.9 Å². The van der Waals surface area contributed by atoms with Crippen LogP contribution < -0.4 is 0 Å². The Labute approximate surface area is 147 Å². The van der Waals surface area contributed by atoms with E-state index in [2.05, 4.69) is 25.8 Å². The highest BCUT2D eigenvalue weighted by molar-refractivity contribution is 5.93. The van der Waals surface area contributed by atoms with Crippen molar-refractivity contribution in [3.8, 4) is 0 Å². The molecule has 0 bridgehead atoms. The van der Waals surface area contributed by atoms with Crippen LogP contribution in [0.4, 0.5) is 0 Å². The molecule has 2 aromatic rings. The third kappa shape index (κ3) is 3.08. The first-order chi connectivity index (χ1) is 12.1. The van der Waals surface area contributed by atoms with Crippen molar-refractivity contribution in [1.82, 2.24) is 24.5 Å². The summed E-state index contributed by atoms with van der Waals surface area (Å²) >= 11 is 0. The zero-order valence-electron chi connectivity index (χ0n) is 14.9. The van der Waals surface area contributed by atoms with Gasteiger partial charge in [-0.1, -0.05) is 18.0 Å². The van der Waals surface area contributed by atoms with Crippen molar-refractivity contribution < 1.29 is 9.32 Å². The molecule has 1 saturated heterocycles. The average Bonchev–Trinajstić information content (AvgIpc) is 3.35. The highest BCUT2D eigenvalue weighted by Gasteiger charge is 2.33. The van der Waals surface area contributed by atoms with Gasteiger partial charge in [-0.2, -0.15) is 4.98 Å². The molecule has 2 aromatic heterocycles. The lowest BCUT2D eigenvalue weighted by molar-refractivity contribution is 0.0478. The smallest absolute Gasteiger partial charge is 0.270 e. The van der Waals surface area contributed by atoms with E-state index in [1.807, 2.05) is 31.0 Å². The summed E-state index contributed by atoms with van der Waals surface area (Å²) in [6.45, 7) is 3.90. The van der Waals surface area contributed by atoms with E-state index in [1.54, 1.807) is 0 Å². The molecule has 1 aliphatic carbocycles. The lowest BCUT2D eigenvalue weighted by Gasteiger charge is -2.37. The normalized spacial score (nSPS) is 22.6. The molecule has 4 rings (SSSR count). The van der Waals surface area contributed by atoms with Gasteiger partial charge in [0.25, 0.3) is 5.91 Å². The minimum absolute atomic E-state index is 0.0474. The van der Waals surface area contributed by atoms with Crippen LogP contribution in [0.5, 0.6) is 0 Å². The number of nitrogens with zero attached hydrogens (tertiary/aromatic N) is 5. The van der Waals surface area contributed by atoms with Crippen LogP contribution in [0.3, 0.4) is 0 Å². The molecule has 7 heteroatoms. The van der Waals surface area contributed by atoms with Crippen LogP contribution in [0.25, 0.3) is 0 Å². The first-order valence-corrected chi connectivity index (χ1v) is 9.10. The highest BCUT2D eigenvalue weighted by Crippen LogP contribution is 2.31. The third-order valence-corrected chi connectivity index (χ3v) is 5.48. The molecule has 1 amide bonds. The number of amides is 1. The van der Waals surface area contributed by atoms with E-state index in [0.29, 0.717) is 24.3 Å². The molecule has 0 unspecified atom stereocenters. The van der Waals surface area contributed by atoms with Gasteiger partial charge in [0.2, 0.25) is 5.89 Å². The Morgan fingerprint density at radius 3 is 2.80 bits per heavy atom. The second-order valence-electron chi connectivity index (χ2n) is 7.17. The minimum atomic E-state index is -0.0474. The maximum atomic E-state index is 13.1. The maximum Gasteiger partial charge on any atom is 0.270 e. The predicted octanol–water partition coefficient (Wildman–Crippen LogP) is 2.42. The molecule has 0 spiro atoms. The summed E-state index contributed by atoms with van der Waals surface area (Å²) in [7, 11) is 2.03. The first-order valence-electron chi connectivity index (χ1n) is 9.10. The molecule has 0 aromatic carbocycles. The van der Waals surface area contributed by atoms with Crippen molar-refractivity contribution in [2.45, 2.75) is 44.7 Å². The van der Waals surface area contributed by atoms with Crippen LogP contribution >= 0.6 is 0 Å². The number of hydrogen-bond donors (Lipinski definition) is 0. The highest BCUT2D eigenvalue weighted by atomic mass is 16.5. The number of likely N-dealkylation sites (N-methyl/N-ethyl adjacent to an activating group) is 1. The van der Waals surface area contributed by atoms with Gasteiger partial charge in [-0.25, -0.2) is 0 Å². The Morgan fingerprint density at radius 2 is 2.08 bits per heavy atom. The van der Waals surface area contributed by atoms with Crippen LogP contribution in [0.15, 0.2) is 22.9 Å². The van der Waals surface area contributed by atoms with E-state index in [-0.39, 0.29) is 11.9 Å². The summed E-state index contributed by atoms with van der Waals surface area (Å²) in [5, 5.41) is 3.89. The summed E-state index contributed by atoms with van der Waals surface area (Å²) in [6, 6.07) is 4.36. The Kier molecular flexibility index (Phi) is 4.33. The molecular weight excluding hydrogens is 318 g/mol. The number of carbonyl (C=O) groups is 1. The monoisotopic (exact) mass is 343 g/mol. The van der Waals surface area contributed by atoms with Gasteiger partial charge >= 0.3 is 0 Å². The Balaban J connectivity index is 1.53. The van der Waals surface area contributed by atoms with E-state index in [0.717, 1.165) is 18.8 Å². The number of hydrogen-bond acceptors (Lipinski definition) is 5. The van der Waals surface area contributed by atoms with Crippen LogP contribution in [-0.4, -0.2) is 57.1 Å². The van der Waals surface area contributed by atoms with Crippen molar-refractivity contribution in [1.29, 1.82) is 0 Å². The molecule has 1 atom stereocenters. The van der Waals surface area contributed by atoms with E-state index in [1.165, 1.54) is 25.7 Å². The quantitative estimate of drug-likeness (QED) is 0.856. The van der Waals surface area contributed by atoms with Crippen molar-refractivity contribution >= 4 is 5.91 Å². The molecule has 0 radical (unpaired) electrons. The average molecular weight is 343 g/mol. The molecule has 1 aliphatic heterocycles. The first kappa shape index (κ1) is 16.3. The Hall–Kier alpha value is -2.15. The van der Waals surface area contributed by atoms with Crippen LogP contribution in [0.1, 0.15) is 60.0 Å². The van der Waals surface area contributed by atoms with Gasteiger partial charge in [-0.15, -0.1) is 0 Å². The summed E-state index contributed by atoms with van der Waals surface area (Å²) in [5.74, 6) is 1.32. The Bertz CT molecular complexity index is 746. The second kappa shape index (κ2) is 6.63. The fourth-order valence-electron chi connectivity index (χ4n) is 4.01. The zero-order valence-corrected chi connectivity index (χ0v) is 14.9. The summed E-state index contributed by atoms with van der Waals surface area (Å²) in [5.41, 5.74) is 0.803. The van der Waals surface area contributed by atoms with E-state index in [4.69, 9.17) is 4.52 Å². The number of carbonyl (C=O) groups excluding carboxylic acids is 1. The standard InChI is InChI=1S/C18H25N5O2/c1-13-19-17(25-20-13)16-12-22(11-10-21(16)2)18(24)15-8-5-9-23(15)14-6-3-4-7-14/h5,8-9,14,16H,3-4,6-7,10-12H2,1-2H3/t16-/m0/s1. The fourth-order valence-corrected chi connectivity index (χ4v) is 4.01. The van der Waals surface area contributed by atoms with Gasteiger partial charge in [0.15, 0.2) is 5.82 Å². The molecular formula is C18H25N5O2. The number of piperazine rings is 1. The molecule has 1 saturated carbocycles. The fraction of sp³-hybridized carbons (Fsp3) is 0.611. The topological polar surface area (TPSA) is 67.4 Å². The van der Waals surface area contributed by atoms with Crippen molar-refractivity contribution in [3.63, 3.8) is 0 Å². The minimum Gasteiger partial charge on any atom is -0.340 e. The van der Waals surface area contributed by atoms with E-state index < -0.39 is 0 Å². The molecule has 134 valence electrons. The largest absolute Gasteiger partial charge is 0.340 e. The zero-order chi connectivity index (χ0) is 17.4. The molecule has 7 nitrogen and oxygen atoms in total.